The Labute approximate surface area is 152 Å². The van der Waals surface area contributed by atoms with Gasteiger partial charge in [-0.3, -0.25) is 4.90 Å². The van der Waals surface area contributed by atoms with Gasteiger partial charge in [-0.15, -0.1) is 0 Å². The molecule has 0 unspecified atom stereocenters. The number of nitrogens with one attached hydrogen (secondary N) is 2. The predicted octanol–water partition coefficient (Wildman–Crippen LogP) is 4.78. The average molecular weight is 345 g/mol. The number of benzene rings is 2. The SMILES string of the molecule is COc1ccc2[nH]c(CN3CCc4c([nH]c5ccccc45)[C@H]3C)cc2c1. The molecule has 2 N–H and O–H groups in total. The molecule has 1 aliphatic heterocycles. The van der Waals surface area contributed by atoms with E-state index in [-0.39, 0.29) is 0 Å². The normalized spacial score (nSPS) is 17.7. The minimum atomic E-state index is 0.382. The molecule has 0 radical (unpaired) electrons. The van der Waals surface area contributed by atoms with Crippen molar-refractivity contribution < 1.29 is 4.74 Å². The van der Waals surface area contributed by atoms with E-state index < -0.39 is 0 Å². The molecule has 4 aromatic rings. The minimum absolute atomic E-state index is 0.382. The highest BCUT2D eigenvalue weighted by Gasteiger charge is 2.27. The van der Waals surface area contributed by atoms with Crippen molar-refractivity contribution in [3.05, 3.63) is 65.5 Å². The van der Waals surface area contributed by atoms with Gasteiger partial charge in [-0.25, -0.2) is 0 Å². The Balaban J connectivity index is 1.44. The molecular weight excluding hydrogens is 322 g/mol. The highest BCUT2D eigenvalue weighted by molar-refractivity contribution is 5.85. The first-order chi connectivity index (χ1) is 12.7. The van der Waals surface area contributed by atoms with Gasteiger partial charge in [-0.1, -0.05) is 18.2 Å². The van der Waals surface area contributed by atoms with Crippen LogP contribution in [0.15, 0.2) is 48.5 Å². The highest BCUT2D eigenvalue weighted by atomic mass is 16.5. The summed E-state index contributed by atoms with van der Waals surface area (Å²) in [7, 11) is 1.71. The fourth-order valence-corrected chi connectivity index (χ4v) is 4.30. The molecule has 4 heteroatoms. The molecule has 0 spiro atoms. The molecule has 1 atom stereocenters. The number of aromatic amines is 2. The number of rotatable bonds is 3. The molecule has 2 aromatic carbocycles. The molecule has 0 bridgehead atoms. The topological polar surface area (TPSA) is 44.0 Å². The van der Waals surface area contributed by atoms with Gasteiger partial charge in [-0.2, -0.15) is 0 Å². The number of H-pyrrole nitrogens is 2. The van der Waals surface area contributed by atoms with E-state index in [1.807, 2.05) is 6.07 Å². The van der Waals surface area contributed by atoms with E-state index in [1.165, 1.54) is 33.2 Å². The molecule has 3 heterocycles. The summed E-state index contributed by atoms with van der Waals surface area (Å²) in [5.41, 5.74) is 6.53. The third kappa shape index (κ3) is 2.41. The number of nitrogens with zero attached hydrogens (tertiary/aromatic N) is 1. The fraction of sp³-hybridized carbons (Fsp3) is 0.273. The van der Waals surface area contributed by atoms with E-state index in [4.69, 9.17) is 4.74 Å². The largest absolute Gasteiger partial charge is 0.497 e. The summed E-state index contributed by atoms with van der Waals surface area (Å²) >= 11 is 0. The second kappa shape index (κ2) is 5.92. The van der Waals surface area contributed by atoms with Crippen LogP contribution in [-0.4, -0.2) is 28.5 Å². The second-order valence-corrected chi connectivity index (χ2v) is 7.21. The van der Waals surface area contributed by atoms with Crippen LogP contribution in [0.5, 0.6) is 5.75 Å². The molecule has 0 fully saturated rings. The summed E-state index contributed by atoms with van der Waals surface area (Å²) in [5.74, 6) is 0.900. The number of methoxy groups -OCH3 is 1. The van der Waals surface area contributed by atoms with Crippen LogP contribution in [0.2, 0.25) is 0 Å². The maximum atomic E-state index is 5.34. The molecule has 0 aliphatic carbocycles. The third-order valence-corrected chi connectivity index (χ3v) is 5.72. The summed E-state index contributed by atoms with van der Waals surface area (Å²) in [4.78, 5) is 9.75. The second-order valence-electron chi connectivity index (χ2n) is 7.21. The van der Waals surface area contributed by atoms with Crippen molar-refractivity contribution in [2.45, 2.75) is 25.9 Å². The Bertz CT molecular complexity index is 1090. The first-order valence-electron chi connectivity index (χ1n) is 9.22. The van der Waals surface area contributed by atoms with Crippen molar-refractivity contribution in [1.82, 2.24) is 14.9 Å². The van der Waals surface area contributed by atoms with Crippen LogP contribution in [0.1, 0.15) is 29.9 Å². The standard InChI is InChI=1S/C22H23N3O/c1-14-22-19(18-5-3-4-6-21(18)24-22)9-10-25(14)13-16-11-15-12-17(26-2)7-8-20(15)23-16/h3-8,11-12,14,23-24H,9-10,13H2,1-2H3/t14-/m1/s1. The molecular formula is C22H23N3O. The Morgan fingerprint density at radius 1 is 1.08 bits per heavy atom. The molecule has 132 valence electrons. The van der Waals surface area contributed by atoms with Crippen LogP contribution in [-0.2, 0) is 13.0 Å². The number of fused-ring (bicyclic) bond motifs is 4. The number of hydrogen-bond acceptors (Lipinski definition) is 2. The van der Waals surface area contributed by atoms with Crippen LogP contribution >= 0.6 is 0 Å². The lowest BCUT2D eigenvalue weighted by Crippen LogP contribution is -2.33. The predicted molar refractivity (Wildman–Crippen MR) is 106 cm³/mol. The van der Waals surface area contributed by atoms with E-state index in [2.05, 4.69) is 64.3 Å². The minimum Gasteiger partial charge on any atom is -0.497 e. The van der Waals surface area contributed by atoms with E-state index in [1.54, 1.807) is 7.11 Å². The summed E-state index contributed by atoms with van der Waals surface area (Å²) in [6, 6.07) is 17.4. The van der Waals surface area contributed by atoms with Crippen molar-refractivity contribution in [1.29, 1.82) is 0 Å². The Kier molecular flexibility index (Phi) is 3.54. The fourth-order valence-electron chi connectivity index (χ4n) is 4.30. The van der Waals surface area contributed by atoms with Gasteiger partial charge in [0.1, 0.15) is 5.75 Å². The number of ether oxygens (including phenoxy) is 1. The molecule has 2 aromatic heterocycles. The quantitative estimate of drug-likeness (QED) is 0.561. The van der Waals surface area contributed by atoms with Crippen LogP contribution in [0, 0.1) is 0 Å². The lowest BCUT2D eigenvalue weighted by Gasteiger charge is -2.33. The van der Waals surface area contributed by atoms with Gasteiger partial charge in [0.2, 0.25) is 0 Å². The summed E-state index contributed by atoms with van der Waals surface area (Å²) in [6.07, 6.45) is 1.09. The highest BCUT2D eigenvalue weighted by Crippen LogP contribution is 2.35. The lowest BCUT2D eigenvalue weighted by molar-refractivity contribution is 0.185. The lowest BCUT2D eigenvalue weighted by atomic mass is 9.98. The van der Waals surface area contributed by atoms with E-state index in [9.17, 15) is 0 Å². The van der Waals surface area contributed by atoms with Crippen LogP contribution in [0.3, 0.4) is 0 Å². The molecule has 1 aliphatic rings. The van der Waals surface area contributed by atoms with E-state index >= 15 is 0 Å². The Morgan fingerprint density at radius 3 is 2.85 bits per heavy atom. The van der Waals surface area contributed by atoms with Gasteiger partial charge in [0.15, 0.2) is 0 Å². The van der Waals surface area contributed by atoms with Crippen LogP contribution in [0.4, 0.5) is 0 Å². The maximum Gasteiger partial charge on any atom is 0.119 e. The van der Waals surface area contributed by atoms with Crippen molar-refractivity contribution in [2.24, 2.45) is 0 Å². The zero-order valence-electron chi connectivity index (χ0n) is 15.2. The van der Waals surface area contributed by atoms with Gasteiger partial charge in [0.05, 0.1) is 7.11 Å². The van der Waals surface area contributed by atoms with Gasteiger partial charge in [-0.05, 0) is 49.2 Å². The van der Waals surface area contributed by atoms with Crippen molar-refractivity contribution in [3.8, 4) is 5.75 Å². The van der Waals surface area contributed by atoms with E-state index in [0.717, 1.165) is 30.8 Å². The smallest absolute Gasteiger partial charge is 0.119 e. The monoisotopic (exact) mass is 345 g/mol. The molecule has 0 saturated heterocycles. The summed E-state index contributed by atoms with van der Waals surface area (Å²) in [5, 5.41) is 2.59. The van der Waals surface area contributed by atoms with Gasteiger partial charge in [0, 0.05) is 52.3 Å². The summed E-state index contributed by atoms with van der Waals surface area (Å²) < 4.78 is 5.34. The maximum absolute atomic E-state index is 5.34. The number of para-hydroxylation sites is 1. The number of hydrogen-bond donors (Lipinski definition) is 2. The molecule has 26 heavy (non-hydrogen) atoms. The van der Waals surface area contributed by atoms with Gasteiger partial charge < -0.3 is 14.7 Å². The van der Waals surface area contributed by atoms with Crippen molar-refractivity contribution >= 4 is 21.8 Å². The number of aromatic nitrogens is 2. The van der Waals surface area contributed by atoms with Crippen LogP contribution < -0.4 is 4.74 Å². The zero-order valence-corrected chi connectivity index (χ0v) is 15.2. The first-order valence-corrected chi connectivity index (χ1v) is 9.22. The average Bonchev–Trinajstić information content (AvgIpc) is 3.24. The van der Waals surface area contributed by atoms with Gasteiger partial charge >= 0.3 is 0 Å². The van der Waals surface area contributed by atoms with E-state index in [0.29, 0.717) is 6.04 Å². The zero-order chi connectivity index (χ0) is 17.7. The molecule has 0 saturated carbocycles. The van der Waals surface area contributed by atoms with Crippen LogP contribution in [0.25, 0.3) is 21.8 Å². The van der Waals surface area contributed by atoms with Gasteiger partial charge in [0.25, 0.3) is 0 Å². The van der Waals surface area contributed by atoms with Crippen molar-refractivity contribution in [2.75, 3.05) is 13.7 Å². The third-order valence-electron chi connectivity index (χ3n) is 5.72. The van der Waals surface area contributed by atoms with Crippen molar-refractivity contribution in [3.63, 3.8) is 0 Å². The Morgan fingerprint density at radius 2 is 1.96 bits per heavy atom. The Hall–Kier alpha value is -2.72. The molecule has 4 nitrogen and oxygen atoms in total. The molecule has 5 rings (SSSR count). The summed E-state index contributed by atoms with van der Waals surface area (Å²) in [6.45, 7) is 4.31. The first kappa shape index (κ1) is 15.5. The molecule has 0 amide bonds.